The standard InChI is InChI=1S/C19H22N2O4S/c1-14-17(26-16(20-14)13-23-15-5-3-2-4-6-15)18(22)21-9-7-19(8-10-21)24-11-12-25-19/h2-6H,7-13H2,1H3. The van der Waals surface area contributed by atoms with E-state index >= 15 is 0 Å². The van der Waals surface area contributed by atoms with Gasteiger partial charge in [-0.15, -0.1) is 11.3 Å². The summed E-state index contributed by atoms with van der Waals surface area (Å²) in [6, 6.07) is 9.62. The molecule has 2 aromatic rings. The van der Waals surface area contributed by atoms with Crippen LogP contribution in [-0.4, -0.2) is 47.9 Å². The average Bonchev–Trinajstić information content (AvgIpc) is 3.28. The van der Waals surface area contributed by atoms with Crippen molar-refractivity contribution < 1.29 is 19.0 Å². The van der Waals surface area contributed by atoms with Gasteiger partial charge in [0.25, 0.3) is 5.91 Å². The van der Waals surface area contributed by atoms with Crippen LogP contribution in [0.3, 0.4) is 0 Å². The zero-order chi connectivity index (χ0) is 18.0. The smallest absolute Gasteiger partial charge is 0.265 e. The fraction of sp³-hybridized carbons (Fsp3) is 0.474. The number of ether oxygens (including phenoxy) is 3. The zero-order valence-corrected chi connectivity index (χ0v) is 15.6. The maximum Gasteiger partial charge on any atom is 0.265 e. The lowest BCUT2D eigenvalue weighted by Gasteiger charge is -2.37. The van der Waals surface area contributed by atoms with E-state index in [9.17, 15) is 4.79 Å². The monoisotopic (exact) mass is 374 g/mol. The van der Waals surface area contributed by atoms with Crippen LogP contribution in [0.2, 0.25) is 0 Å². The summed E-state index contributed by atoms with van der Waals surface area (Å²) >= 11 is 1.41. The number of nitrogens with zero attached hydrogens (tertiary/aromatic N) is 2. The predicted octanol–water partition coefficient (Wildman–Crippen LogP) is 3.01. The van der Waals surface area contributed by atoms with E-state index in [4.69, 9.17) is 14.2 Å². The van der Waals surface area contributed by atoms with Gasteiger partial charge in [0.2, 0.25) is 0 Å². The van der Waals surface area contributed by atoms with E-state index in [-0.39, 0.29) is 5.91 Å². The van der Waals surface area contributed by atoms with Crippen molar-refractivity contribution in [3.8, 4) is 5.75 Å². The first-order valence-corrected chi connectivity index (χ1v) is 9.68. The van der Waals surface area contributed by atoms with Crippen molar-refractivity contribution >= 4 is 17.2 Å². The van der Waals surface area contributed by atoms with Gasteiger partial charge in [-0.05, 0) is 19.1 Å². The highest BCUT2D eigenvalue weighted by Gasteiger charge is 2.41. The minimum Gasteiger partial charge on any atom is -0.486 e. The van der Waals surface area contributed by atoms with Crippen LogP contribution in [0.5, 0.6) is 5.75 Å². The summed E-state index contributed by atoms with van der Waals surface area (Å²) in [6.07, 6.45) is 1.45. The van der Waals surface area contributed by atoms with Crippen molar-refractivity contribution in [1.82, 2.24) is 9.88 Å². The Bertz CT molecular complexity index is 761. The summed E-state index contributed by atoms with van der Waals surface area (Å²) in [5.41, 5.74) is 0.764. The molecule has 6 nitrogen and oxygen atoms in total. The van der Waals surface area contributed by atoms with Crippen LogP contribution in [0.25, 0.3) is 0 Å². The van der Waals surface area contributed by atoms with Gasteiger partial charge >= 0.3 is 0 Å². The molecule has 1 spiro atoms. The van der Waals surface area contributed by atoms with E-state index < -0.39 is 5.79 Å². The number of aryl methyl sites for hydroxylation is 1. The molecule has 0 aliphatic carbocycles. The van der Waals surface area contributed by atoms with Crippen molar-refractivity contribution in [1.29, 1.82) is 0 Å². The van der Waals surface area contributed by atoms with Crippen LogP contribution in [0.1, 0.15) is 33.2 Å². The van der Waals surface area contributed by atoms with E-state index in [1.165, 1.54) is 11.3 Å². The molecule has 0 saturated carbocycles. The van der Waals surface area contributed by atoms with Crippen LogP contribution >= 0.6 is 11.3 Å². The van der Waals surface area contributed by atoms with Crippen LogP contribution in [0, 0.1) is 6.92 Å². The van der Waals surface area contributed by atoms with Gasteiger partial charge in [0.1, 0.15) is 22.2 Å². The lowest BCUT2D eigenvalue weighted by atomic mass is 10.0. The molecular formula is C19H22N2O4S. The number of hydrogen-bond acceptors (Lipinski definition) is 6. The molecule has 0 atom stereocenters. The van der Waals surface area contributed by atoms with Gasteiger partial charge in [0, 0.05) is 25.9 Å². The van der Waals surface area contributed by atoms with Gasteiger partial charge in [0.05, 0.1) is 18.9 Å². The highest BCUT2D eigenvalue weighted by atomic mass is 32.1. The quantitative estimate of drug-likeness (QED) is 0.823. The molecule has 7 heteroatoms. The van der Waals surface area contributed by atoms with Crippen LogP contribution in [0.4, 0.5) is 0 Å². The maximum atomic E-state index is 12.9. The summed E-state index contributed by atoms with van der Waals surface area (Å²) in [5.74, 6) is 0.374. The van der Waals surface area contributed by atoms with Crippen molar-refractivity contribution in [3.05, 3.63) is 45.9 Å². The second-order valence-electron chi connectivity index (χ2n) is 6.52. The van der Waals surface area contributed by atoms with Crippen LogP contribution in [-0.2, 0) is 16.1 Å². The zero-order valence-electron chi connectivity index (χ0n) is 14.8. The summed E-state index contributed by atoms with van der Waals surface area (Å²) in [4.78, 5) is 20.0. The number of aromatic nitrogens is 1. The minimum atomic E-state index is -0.464. The Morgan fingerprint density at radius 3 is 2.62 bits per heavy atom. The molecule has 1 amide bonds. The molecule has 138 valence electrons. The van der Waals surface area contributed by atoms with Crippen LogP contribution in [0.15, 0.2) is 30.3 Å². The highest BCUT2D eigenvalue weighted by molar-refractivity contribution is 7.13. The highest BCUT2D eigenvalue weighted by Crippen LogP contribution is 2.32. The molecule has 26 heavy (non-hydrogen) atoms. The van der Waals surface area contributed by atoms with Gasteiger partial charge in [-0.3, -0.25) is 4.79 Å². The van der Waals surface area contributed by atoms with E-state index in [2.05, 4.69) is 4.98 Å². The van der Waals surface area contributed by atoms with E-state index in [1.54, 1.807) is 0 Å². The third-order valence-electron chi connectivity index (χ3n) is 4.77. The fourth-order valence-corrected chi connectivity index (χ4v) is 4.30. The number of para-hydroxylation sites is 1. The summed E-state index contributed by atoms with van der Waals surface area (Å²) in [7, 11) is 0. The second kappa shape index (κ2) is 7.34. The van der Waals surface area contributed by atoms with E-state index in [1.807, 2.05) is 42.2 Å². The molecule has 2 aliphatic rings. The third kappa shape index (κ3) is 3.60. The second-order valence-corrected chi connectivity index (χ2v) is 7.61. The summed E-state index contributed by atoms with van der Waals surface area (Å²) in [5, 5.41) is 0.811. The predicted molar refractivity (Wildman–Crippen MR) is 97.4 cm³/mol. The Hall–Kier alpha value is -1.96. The number of benzene rings is 1. The van der Waals surface area contributed by atoms with Gasteiger partial charge in [-0.25, -0.2) is 4.98 Å². The molecule has 0 unspecified atom stereocenters. The molecular weight excluding hydrogens is 352 g/mol. The molecule has 2 fully saturated rings. The van der Waals surface area contributed by atoms with E-state index in [0.29, 0.717) is 37.8 Å². The Balaban J connectivity index is 1.38. The average molecular weight is 374 g/mol. The number of carbonyl (C=O) groups is 1. The molecule has 1 aromatic heterocycles. The molecule has 0 radical (unpaired) electrons. The maximum absolute atomic E-state index is 12.9. The topological polar surface area (TPSA) is 60.9 Å². The lowest BCUT2D eigenvalue weighted by molar-refractivity contribution is -0.181. The summed E-state index contributed by atoms with van der Waals surface area (Å²) in [6.45, 7) is 4.83. The number of piperidine rings is 1. The van der Waals surface area contributed by atoms with Crippen molar-refractivity contribution in [3.63, 3.8) is 0 Å². The van der Waals surface area contributed by atoms with Gasteiger partial charge < -0.3 is 19.1 Å². The molecule has 1 aromatic carbocycles. The van der Waals surface area contributed by atoms with Gasteiger partial charge in [0.15, 0.2) is 5.79 Å². The summed E-state index contributed by atoms with van der Waals surface area (Å²) < 4.78 is 17.2. The van der Waals surface area contributed by atoms with Crippen molar-refractivity contribution in [2.45, 2.75) is 32.2 Å². The molecule has 4 rings (SSSR count). The first-order chi connectivity index (χ1) is 12.7. The number of carbonyl (C=O) groups excluding carboxylic acids is 1. The SMILES string of the molecule is Cc1nc(COc2ccccc2)sc1C(=O)N1CCC2(CC1)OCCO2. The molecule has 3 heterocycles. The van der Waals surface area contributed by atoms with Crippen molar-refractivity contribution in [2.24, 2.45) is 0 Å². The first-order valence-electron chi connectivity index (χ1n) is 8.87. The fourth-order valence-electron chi connectivity index (χ4n) is 3.35. The number of thiazole rings is 1. The largest absolute Gasteiger partial charge is 0.486 e. The Labute approximate surface area is 156 Å². The first kappa shape index (κ1) is 17.5. The third-order valence-corrected chi connectivity index (χ3v) is 5.89. The van der Waals surface area contributed by atoms with Gasteiger partial charge in [-0.1, -0.05) is 18.2 Å². The molecule has 0 N–H and O–H groups in total. The lowest BCUT2D eigenvalue weighted by Crippen LogP contribution is -2.47. The minimum absolute atomic E-state index is 0.0406. The molecule has 0 bridgehead atoms. The molecule has 2 aliphatic heterocycles. The van der Waals surface area contributed by atoms with Crippen molar-refractivity contribution in [2.75, 3.05) is 26.3 Å². The Kier molecular flexibility index (Phi) is 4.93. The number of likely N-dealkylation sites (tertiary alicyclic amines) is 1. The Morgan fingerprint density at radius 2 is 1.92 bits per heavy atom. The van der Waals surface area contributed by atoms with Gasteiger partial charge in [-0.2, -0.15) is 0 Å². The Morgan fingerprint density at radius 1 is 1.23 bits per heavy atom. The molecule has 2 saturated heterocycles. The number of rotatable bonds is 4. The normalized spacial score (nSPS) is 19.0. The van der Waals surface area contributed by atoms with E-state index in [0.717, 1.165) is 29.3 Å². The number of hydrogen-bond donors (Lipinski definition) is 0. The number of amides is 1. The van der Waals surface area contributed by atoms with Crippen LogP contribution < -0.4 is 4.74 Å².